The molecule has 0 unspecified atom stereocenters. The van der Waals surface area contributed by atoms with E-state index in [0.717, 1.165) is 17.8 Å². The monoisotopic (exact) mass is 323 g/mol. The van der Waals surface area contributed by atoms with Crippen LogP contribution in [0.1, 0.15) is 28.1 Å². The number of likely N-dealkylation sites (tertiary alicyclic amines) is 1. The van der Waals surface area contributed by atoms with Crippen molar-refractivity contribution in [2.45, 2.75) is 25.5 Å². The number of carbonyl (C=O) groups excluding carboxylic acids is 1. The number of benzene rings is 1. The highest BCUT2D eigenvalue weighted by Crippen LogP contribution is 2.35. The molecule has 1 aromatic heterocycles. The van der Waals surface area contributed by atoms with Crippen LogP contribution in [0.3, 0.4) is 0 Å². The fourth-order valence-electron chi connectivity index (χ4n) is 2.88. The number of hydrogen-bond acceptors (Lipinski definition) is 5. The van der Waals surface area contributed by atoms with Gasteiger partial charge in [0.2, 0.25) is 0 Å². The zero-order valence-electron chi connectivity index (χ0n) is 12.3. The molecule has 1 fully saturated rings. The normalized spacial score (nSPS) is 17.0. The molecule has 1 aromatic carbocycles. The van der Waals surface area contributed by atoms with Crippen LogP contribution in [0.4, 0.5) is 4.39 Å². The van der Waals surface area contributed by atoms with Gasteiger partial charge in [-0.25, -0.2) is 9.18 Å². The number of aliphatic hydroxyl groups excluding tert-OH is 1. The van der Waals surface area contributed by atoms with Crippen LogP contribution in [-0.4, -0.2) is 42.3 Å². The summed E-state index contributed by atoms with van der Waals surface area (Å²) in [5, 5.41) is 10.1. The van der Waals surface area contributed by atoms with Gasteiger partial charge in [0.15, 0.2) is 0 Å². The maximum absolute atomic E-state index is 14.2. The fourth-order valence-corrected chi connectivity index (χ4v) is 4.02. The third kappa shape index (κ3) is 2.86. The number of methoxy groups -OCH3 is 1. The number of carbonyl (C=O) groups is 1. The Morgan fingerprint density at radius 1 is 1.45 bits per heavy atom. The highest BCUT2D eigenvalue weighted by Gasteiger charge is 2.24. The summed E-state index contributed by atoms with van der Waals surface area (Å²) in [7, 11) is 1.34. The summed E-state index contributed by atoms with van der Waals surface area (Å²) in [6.07, 6.45) is 1.16. The van der Waals surface area contributed by atoms with Gasteiger partial charge in [0, 0.05) is 35.3 Å². The number of nitrogens with zero attached hydrogens (tertiary/aromatic N) is 1. The molecule has 118 valence electrons. The van der Waals surface area contributed by atoms with Crippen molar-refractivity contribution in [1.29, 1.82) is 0 Å². The van der Waals surface area contributed by atoms with Gasteiger partial charge >= 0.3 is 5.97 Å². The quantitative estimate of drug-likeness (QED) is 0.883. The zero-order valence-corrected chi connectivity index (χ0v) is 13.2. The number of ether oxygens (including phenoxy) is 1. The van der Waals surface area contributed by atoms with Crippen molar-refractivity contribution in [3.05, 3.63) is 34.5 Å². The molecule has 1 N–H and O–H groups in total. The molecule has 0 aliphatic carbocycles. The molecule has 1 saturated heterocycles. The van der Waals surface area contributed by atoms with E-state index in [1.165, 1.54) is 24.5 Å². The molecular weight excluding hydrogens is 305 g/mol. The van der Waals surface area contributed by atoms with Crippen LogP contribution >= 0.6 is 11.3 Å². The van der Waals surface area contributed by atoms with Crippen molar-refractivity contribution in [3.63, 3.8) is 0 Å². The summed E-state index contributed by atoms with van der Waals surface area (Å²) < 4.78 is 19.8. The molecule has 6 heteroatoms. The molecule has 2 aromatic rings. The molecule has 3 rings (SSSR count). The summed E-state index contributed by atoms with van der Waals surface area (Å²) in [4.78, 5) is 14.6. The highest BCUT2D eigenvalue weighted by atomic mass is 32.1. The lowest BCUT2D eigenvalue weighted by molar-refractivity contribution is 0.0599. The lowest BCUT2D eigenvalue weighted by Gasteiger charge is -2.29. The van der Waals surface area contributed by atoms with E-state index in [1.807, 2.05) is 6.07 Å². The molecule has 2 heterocycles. The first kappa shape index (κ1) is 15.4. The number of piperidine rings is 1. The number of rotatable bonds is 3. The average Bonchev–Trinajstić information content (AvgIpc) is 2.89. The molecule has 1 aliphatic rings. The second-order valence-electron chi connectivity index (χ2n) is 5.52. The van der Waals surface area contributed by atoms with Crippen molar-refractivity contribution < 1.29 is 19.0 Å². The van der Waals surface area contributed by atoms with Gasteiger partial charge in [-0.05, 0) is 25.0 Å². The van der Waals surface area contributed by atoms with Crippen LogP contribution in [0.2, 0.25) is 0 Å². The van der Waals surface area contributed by atoms with E-state index in [4.69, 9.17) is 4.74 Å². The lowest BCUT2D eigenvalue weighted by atomic mass is 10.1. The summed E-state index contributed by atoms with van der Waals surface area (Å²) in [5.41, 5.74) is 0.696. The van der Waals surface area contributed by atoms with E-state index in [0.29, 0.717) is 35.2 Å². The van der Waals surface area contributed by atoms with Crippen LogP contribution in [0, 0.1) is 5.82 Å². The van der Waals surface area contributed by atoms with Gasteiger partial charge in [0.05, 0.1) is 13.2 Å². The third-order valence-corrected chi connectivity index (χ3v) is 5.25. The zero-order chi connectivity index (χ0) is 15.7. The Labute approximate surface area is 132 Å². The van der Waals surface area contributed by atoms with Gasteiger partial charge in [-0.15, -0.1) is 11.3 Å². The number of thiophene rings is 1. The van der Waals surface area contributed by atoms with Crippen LogP contribution in [0.25, 0.3) is 10.1 Å². The lowest BCUT2D eigenvalue weighted by Crippen LogP contribution is -2.35. The van der Waals surface area contributed by atoms with E-state index in [1.54, 1.807) is 6.07 Å². The van der Waals surface area contributed by atoms with E-state index < -0.39 is 5.97 Å². The fraction of sp³-hybridized carbons (Fsp3) is 0.438. The summed E-state index contributed by atoms with van der Waals surface area (Å²) in [5.74, 6) is -0.733. The molecule has 0 bridgehead atoms. The van der Waals surface area contributed by atoms with Crippen molar-refractivity contribution in [2.75, 3.05) is 20.2 Å². The predicted octanol–water partition coefficient (Wildman–Crippen LogP) is 2.78. The third-order valence-electron chi connectivity index (χ3n) is 4.07. The van der Waals surface area contributed by atoms with E-state index in [9.17, 15) is 14.3 Å². The number of halogens is 1. The maximum Gasteiger partial charge on any atom is 0.348 e. The first-order chi connectivity index (χ1) is 10.6. The first-order valence-electron chi connectivity index (χ1n) is 7.28. The largest absolute Gasteiger partial charge is 0.465 e. The molecule has 0 radical (unpaired) electrons. The van der Waals surface area contributed by atoms with Crippen LogP contribution in [-0.2, 0) is 11.3 Å². The van der Waals surface area contributed by atoms with E-state index in [-0.39, 0.29) is 11.9 Å². The topological polar surface area (TPSA) is 49.8 Å². The summed E-state index contributed by atoms with van der Waals surface area (Å²) in [6.45, 7) is 1.99. The molecule has 22 heavy (non-hydrogen) atoms. The number of hydrogen-bond donors (Lipinski definition) is 1. The van der Waals surface area contributed by atoms with Gasteiger partial charge in [0.1, 0.15) is 10.7 Å². The van der Waals surface area contributed by atoms with Crippen molar-refractivity contribution in [3.8, 4) is 0 Å². The standard InChI is InChI=1S/C16H18FNO3S/c1-21-16(20)15-11(9-18-7-5-10(19)6-8-18)14-12(17)3-2-4-13(14)22-15/h2-4,10,19H,5-9H2,1H3. The SMILES string of the molecule is COC(=O)c1sc2cccc(F)c2c1CN1CCC(O)CC1. The van der Waals surface area contributed by atoms with Crippen LogP contribution in [0.5, 0.6) is 0 Å². The number of fused-ring (bicyclic) bond motifs is 1. The highest BCUT2D eigenvalue weighted by molar-refractivity contribution is 7.21. The minimum atomic E-state index is -0.423. The molecule has 0 atom stereocenters. The number of esters is 1. The number of aliphatic hydroxyl groups is 1. The van der Waals surface area contributed by atoms with Gasteiger partial charge in [-0.1, -0.05) is 6.07 Å². The summed E-state index contributed by atoms with van der Waals surface area (Å²) >= 11 is 1.27. The second kappa shape index (κ2) is 6.32. The molecule has 0 amide bonds. The Balaban J connectivity index is 2.00. The molecule has 0 saturated carbocycles. The van der Waals surface area contributed by atoms with Crippen molar-refractivity contribution >= 4 is 27.4 Å². The van der Waals surface area contributed by atoms with Gasteiger partial charge < -0.3 is 9.84 Å². The van der Waals surface area contributed by atoms with Gasteiger partial charge in [0.25, 0.3) is 0 Å². The Morgan fingerprint density at radius 2 is 2.18 bits per heavy atom. The molecule has 4 nitrogen and oxygen atoms in total. The summed E-state index contributed by atoms with van der Waals surface area (Å²) in [6, 6.07) is 4.88. The average molecular weight is 323 g/mol. The minimum Gasteiger partial charge on any atom is -0.465 e. The van der Waals surface area contributed by atoms with E-state index in [2.05, 4.69) is 4.90 Å². The van der Waals surface area contributed by atoms with Crippen LogP contribution in [0.15, 0.2) is 18.2 Å². The van der Waals surface area contributed by atoms with Crippen LogP contribution < -0.4 is 0 Å². The maximum atomic E-state index is 14.2. The first-order valence-corrected chi connectivity index (χ1v) is 8.10. The molecule has 1 aliphatic heterocycles. The predicted molar refractivity (Wildman–Crippen MR) is 83.6 cm³/mol. The smallest absolute Gasteiger partial charge is 0.348 e. The minimum absolute atomic E-state index is 0.257. The molecule has 0 spiro atoms. The Bertz CT molecular complexity index is 692. The Kier molecular flexibility index (Phi) is 4.42. The van der Waals surface area contributed by atoms with E-state index >= 15 is 0 Å². The Morgan fingerprint density at radius 3 is 2.86 bits per heavy atom. The van der Waals surface area contributed by atoms with Crippen molar-refractivity contribution in [1.82, 2.24) is 4.90 Å². The molecular formula is C16H18FNO3S. The second-order valence-corrected chi connectivity index (χ2v) is 6.57. The Hall–Kier alpha value is -1.50. The van der Waals surface area contributed by atoms with Crippen molar-refractivity contribution in [2.24, 2.45) is 0 Å². The van der Waals surface area contributed by atoms with Gasteiger partial charge in [-0.3, -0.25) is 4.90 Å². The van der Waals surface area contributed by atoms with Gasteiger partial charge in [-0.2, -0.15) is 0 Å².